The molecular formula is C14H21N3S2. The van der Waals surface area contributed by atoms with Crippen molar-refractivity contribution in [2.24, 2.45) is 5.73 Å². The first-order chi connectivity index (χ1) is 9.10. The number of aryl methyl sites for hydroxylation is 1. The summed E-state index contributed by atoms with van der Waals surface area (Å²) in [7, 11) is 0. The van der Waals surface area contributed by atoms with Crippen molar-refractivity contribution in [3.8, 4) is 0 Å². The van der Waals surface area contributed by atoms with Gasteiger partial charge in [0.05, 0.1) is 0 Å². The zero-order valence-electron chi connectivity index (χ0n) is 11.5. The zero-order chi connectivity index (χ0) is 13.8. The summed E-state index contributed by atoms with van der Waals surface area (Å²) in [6.45, 7) is 1.97. The van der Waals surface area contributed by atoms with Gasteiger partial charge in [-0.2, -0.15) is 11.8 Å². The van der Waals surface area contributed by atoms with Gasteiger partial charge in [-0.15, -0.1) is 0 Å². The molecule has 0 bridgehead atoms. The van der Waals surface area contributed by atoms with E-state index in [-0.39, 0.29) is 0 Å². The second-order valence-corrected chi connectivity index (χ2v) is 6.57. The van der Waals surface area contributed by atoms with E-state index in [1.165, 1.54) is 25.7 Å². The Morgan fingerprint density at radius 1 is 1.42 bits per heavy atom. The molecule has 1 saturated carbocycles. The summed E-state index contributed by atoms with van der Waals surface area (Å²) < 4.78 is 0. The first kappa shape index (κ1) is 14.6. The number of nitrogens with two attached hydrogens (primary N) is 1. The minimum Gasteiger partial charge on any atom is -0.389 e. The molecule has 0 aliphatic heterocycles. The number of thiocarbonyl (C=S) groups is 1. The Hall–Kier alpha value is -0.810. The van der Waals surface area contributed by atoms with E-state index in [4.69, 9.17) is 18.0 Å². The fraction of sp³-hybridized carbons (Fsp3) is 0.571. The van der Waals surface area contributed by atoms with Gasteiger partial charge < -0.3 is 11.1 Å². The highest BCUT2D eigenvalue weighted by Gasteiger charge is 2.24. The van der Waals surface area contributed by atoms with Crippen molar-refractivity contribution in [3.63, 3.8) is 0 Å². The molecule has 2 rings (SSSR count). The third-order valence-corrected chi connectivity index (χ3v) is 4.98. The molecular weight excluding hydrogens is 274 g/mol. The van der Waals surface area contributed by atoms with Crippen LogP contribution >= 0.6 is 24.0 Å². The minimum atomic E-state index is 0.429. The summed E-state index contributed by atoms with van der Waals surface area (Å²) in [5, 5.41) is 4.24. The molecule has 1 fully saturated rings. The minimum absolute atomic E-state index is 0.429. The first-order valence-electron chi connectivity index (χ1n) is 6.68. The predicted octanol–water partition coefficient (Wildman–Crippen LogP) is 3.11. The van der Waals surface area contributed by atoms with Gasteiger partial charge in [0.1, 0.15) is 10.8 Å². The van der Waals surface area contributed by atoms with E-state index in [1.807, 2.05) is 30.8 Å². The van der Waals surface area contributed by atoms with E-state index in [9.17, 15) is 0 Å². The summed E-state index contributed by atoms with van der Waals surface area (Å²) in [6.07, 6.45) is 7.32. The number of pyridine rings is 1. The molecule has 2 unspecified atom stereocenters. The Morgan fingerprint density at radius 2 is 2.16 bits per heavy atom. The Kier molecular flexibility index (Phi) is 5.05. The van der Waals surface area contributed by atoms with Crippen molar-refractivity contribution in [1.29, 1.82) is 0 Å². The van der Waals surface area contributed by atoms with Crippen molar-refractivity contribution in [3.05, 3.63) is 23.4 Å². The van der Waals surface area contributed by atoms with E-state index < -0.39 is 0 Å². The van der Waals surface area contributed by atoms with Gasteiger partial charge in [-0.05, 0) is 38.2 Å². The normalized spacial score (nSPS) is 23.1. The van der Waals surface area contributed by atoms with Gasteiger partial charge in [-0.1, -0.05) is 25.1 Å². The summed E-state index contributed by atoms with van der Waals surface area (Å²) in [5.74, 6) is 0.897. The molecule has 1 aliphatic rings. The lowest BCUT2D eigenvalue weighted by Crippen LogP contribution is -2.34. The summed E-state index contributed by atoms with van der Waals surface area (Å²) in [4.78, 5) is 4.97. The molecule has 1 heterocycles. The van der Waals surface area contributed by atoms with E-state index in [0.29, 0.717) is 16.3 Å². The van der Waals surface area contributed by atoms with Crippen LogP contribution in [0, 0.1) is 6.92 Å². The van der Waals surface area contributed by atoms with Crippen LogP contribution < -0.4 is 11.1 Å². The van der Waals surface area contributed by atoms with Gasteiger partial charge in [0.2, 0.25) is 0 Å². The average molecular weight is 295 g/mol. The lowest BCUT2D eigenvalue weighted by Gasteiger charge is -2.31. The van der Waals surface area contributed by atoms with E-state index in [1.54, 1.807) is 0 Å². The highest BCUT2D eigenvalue weighted by atomic mass is 32.2. The van der Waals surface area contributed by atoms with Crippen LogP contribution in [0.4, 0.5) is 5.82 Å². The van der Waals surface area contributed by atoms with Crippen molar-refractivity contribution in [2.75, 3.05) is 11.6 Å². The van der Waals surface area contributed by atoms with Gasteiger partial charge in [0.15, 0.2) is 0 Å². The fourth-order valence-electron chi connectivity index (χ4n) is 2.62. The summed E-state index contributed by atoms with van der Waals surface area (Å²) in [5.41, 5.74) is 7.55. The maximum absolute atomic E-state index is 5.71. The Balaban J connectivity index is 2.15. The topological polar surface area (TPSA) is 50.9 Å². The van der Waals surface area contributed by atoms with Crippen LogP contribution in [0.1, 0.15) is 36.9 Å². The van der Waals surface area contributed by atoms with E-state index >= 15 is 0 Å². The first-order valence-corrected chi connectivity index (χ1v) is 8.37. The number of thioether (sulfide) groups is 1. The summed E-state index contributed by atoms with van der Waals surface area (Å²) in [6, 6.07) is 4.39. The Labute approximate surface area is 124 Å². The molecule has 2 atom stereocenters. The monoisotopic (exact) mass is 295 g/mol. The standard InChI is InChI=1S/C14H21N3S2/c1-9-7-10(14(15)18)8-13(16-9)17-11-5-3-4-6-12(11)19-2/h7-8,11-12H,3-6H2,1-2H3,(H2,15,18)(H,16,17). The van der Waals surface area contributed by atoms with Gasteiger partial charge in [0, 0.05) is 22.5 Å². The largest absolute Gasteiger partial charge is 0.389 e. The number of aromatic nitrogens is 1. The number of hydrogen-bond donors (Lipinski definition) is 2. The number of hydrogen-bond acceptors (Lipinski definition) is 4. The number of nitrogens with zero attached hydrogens (tertiary/aromatic N) is 1. The number of rotatable bonds is 4. The molecule has 5 heteroatoms. The van der Waals surface area contributed by atoms with Crippen LogP contribution in [0.2, 0.25) is 0 Å². The fourth-order valence-corrected chi connectivity index (χ4v) is 3.67. The highest BCUT2D eigenvalue weighted by molar-refractivity contribution is 7.99. The third kappa shape index (κ3) is 3.83. The second-order valence-electron chi connectivity index (χ2n) is 5.06. The molecule has 19 heavy (non-hydrogen) atoms. The lowest BCUT2D eigenvalue weighted by atomic mass is 9.95. The molecule has 0 spiro atoms. The molecule has 3 N–H and O–H groups in total. The molecule has 0 amide bonds. The molecule has 0 aromatic carbocycles. The van der Waals surface area contributed by atoms with Gasteiger partial charge >= 0.3 is 0 Å². The molecule has 1 aliphatic carbocycles. The van der Waals surface area contributed by atoms with Crippen LogP contribution in [-0.4, -0.2) is 27.5 Å². The summed E-state index contributed by atoms with van der Waals surface area (Å²) >= 11 is 7.00. The van der Waals surface area contributed by atoms with E-state index in [2.05, 4.69) is 16.6 Å². The highest BCUT2D eigenvalue weighted by Crippen LogP contribution is 2.29. The Bertz CT molecular complexity index is 462. The van der Waals surface area contributed by atoms with Crippen molar-refractivity contribution in [2.45, 2.75) is 43.9 Å². The lowest BCUT2D eigenvalue weighted by molar-refractivity contribution is 0.474. The second kappa shape index (κ2) is 6.57. The third-order valence-electron chi connectivity index (χ3n) is 3.58. The van der Waals surface area contributed by atoms with Gasteiger partial charge in [-0.25, -0.2) is 4.98 Å². The van der Waals surface area contributed by atoms with Gasteiger partial charge in [-0.3, -0.25) is 0 Å². The average Bonchev–Trinajstić information content (AvgIpc) is 2.38. The zero-order valence-corrected chi connectivity index (χ0v) is 13.1. The number of anilines is 1. The van der Waals surface area contributed by atoms with Gasteiger partial charge in [0.25, 0.3) is 0 Å². The van der Waals surface area contributed by atoms with E-state index in [0.717, 1.165) is 17.1 Å². The smallest absolute Gasteiger partial charge is 0.127 e. The molecule has 104 valence electrons. The molecule has 1 aromatic heterocycles. The van der Waals surface area contributed by atoms with Crippen LogP contribution in [0.3, 0.4) is 0 Å². The maximum atomic E-state index is 5.71. The molecule has 3 nitrogen and oxygen atoms in total. The van der Waals surface area contributed by atoms with Crippen molar-refractivity contribution in [1.82, 2.24) is 4.98 Å². The van der Waals surface area contributed by atoms with Crippen molar-refractivity contribution < 1.29 is 0 Å². The molecule has 1 aromatic rings. The van der Waals surface area contributed by atoms with Crippen LogP contribution in [0.15, 0.2) is 12.1 Å². The van der Waals surface area contributed by atoms with Crippen molar-refractivity contribution >= 4 is 34.8 Å². The molecule has 0 saturated heterocycles. The quantitative estimate of drug-likeness (QED) is 0.836. The van der Waals surface area contributed by atoms with Crippen LogP contribution in [0.5, 0.6) is 0 Å². The Morgan fingerprint density at radius 3 is 2.84 bits per heavy atom. The van der Waals surface area contributed by atoms with Crippen LogP contribution in [0.25, 0.3) is 0 Å². The van der Waals surface area contributed by atoms with Crippen LogP contribution in [-0.2, 0) is 0 Å². The number of nitrogens with one attached hydrogen (secondary N) is 1. The maximum Gasteiger partial charge on any atom is 0.127 e. The SMILES string of the molecule is CSC1CCCCC1Nc1cc(C(N)=S)cc(C)n1. The molecule has 0 radical (unpaired) electrons. The predicted molar refractivity (Wildman–Crippen MR) is 88.0 cm³/mol.